The number of aromatic nitrogens is 1. The van der Waals surface area contributed by atoms with E-state index in [4.69, 9.17) is 10.5 Å². The smallest absolute Gasteiger partial charge is 0.250 e. The molecule has 0 aliphatic rings. The van der Waals surface area contributed by atoms with Crippen LogP contribution in [0.2, 0.25) is 0 Å². The number of carbonyl (C=O) groups excluding carboxylic acids is 1. The maximum Gasteiger partial charge on any atom is 0.250 e. The first-order chi connectivity index (χ1) is 13.0. The van der Waals surface area contributed by atoms with Crippen LogP contribution in [0.1, 0.15) is 27.5 Å². The number of nitrogens with two attached hydrogens (primary N) is 1. The molecule has 3 rings (SSSR count). The van der Waals surface area contributed by atoms with Crippen LogP contribution in [0.5, 0.6) is 5.75 Å². The van der Waals surface area contributed by atoms with Crippen LogP contribution in [0, 0.1) is 6.92 Å². The lowest BCUT2D eigenvalue weighted by Gasteiger charge is -2.22. The highest BCUT2D eigenvalue weighted by Gasteiger charge is 2.15. The van der Waals surface area contributed by atoms with Gasteiger partial charge >= 0.3 is 0 Å². The van der Waals surface area contributed by atoms with Gasteiger partial charge < -0.3 is 21.1 Å². The number of nitrogens with one attached hydrogen (secondary N) is 2. The minimum Gasteiger partial charge on any atom is -0.496 e. The number of benzene rings is 2. The predicted molar refractivity (Wildman–Crippen MR) is 108 cm³/mol. The molecule has 1 aromatic heterocycles. The number of ether oxygens (including phenoxy) is 1. The molecule has 0 aliphatic carbocycles. The Morgan fingerprint density at radius 1 is 1.26 bits per heavy atom. The van der Waals surface area contributed by atoms with Gasteiger partial charge in [-0.15, -0.1) is 0 Å². The number of likely N-dealkylation sites (N-methyl/N-ethyl adjacent to an activating group) is 1. The number of hydrogen-bond acceptors (Lipinski definition) is 5. The van der Waals surface area contributed by atoms with Gasteiger partial charge in [-0.05, 0) is 43.3 Å². The number of anilines is 1. The van der Waals surface area contributed by atoms with E-state index in [1.165, 1.54) is 0 Å². The minimum absolute atomic E-state index is 0.0300. The topological polar surface area (TPSA) is 89.3 Å². The summed E-state index contributed by atoms with van der Waals surface area (Å²) < 4.78 is 5.36. The van der Waals surface area contributed by atoms with Gasteiger partial charge in [0.05, 0.1) is 24.2 Å². The van der Waals surface area contributed by atoms with Gasteiger partial charge in [-0.25, -0.2) is 0 Å². The maximum absolute atomic E-state index is 11.7. The average Bonchev–Trinajstić information content (AvgIpc) is 2.67. The fourth-order valence-electron chi connectivity index (χ4n) is 3.26. The fourth-order valence-corrected chi connectivity index (χ4v) is 3.26. The first-order valence-electron chi connectivity index (χ1n) is 8.78. The normalized spacial score (nSPS) is 12.0. The molecule has 6 heteroatoms. The molecule has 1 amide bonds. The Bertz CT molecular complexity index is 972. The molecule has 0 unspecified atom stereocenters. The molecule has 140 valence electrons. The van der Waals surface area contributed by atoms with Crippen molar-refractivity contribution in [3.63, 3.8) is 0 Å². The number of hydrogen-bond donors (Lipinski definition) is 3. The van der Waals surface area contributed by atoms with Crippen molar-refractivity contribution in [2.24, 2.45) is 5.73 Å². The number of nitrogens with zero attached hydrogens (tertiary/aromatic N) is 1. The molecular formula is C21H24N4O2. The van der Waals surface area contributed by atoms with Crippen LogP contribution in [-0.4, -0.2) is 31.6 Å². The second-order valence-electron chi connectivity index (χ2n) is 6.41. The highest BCUT2D eigenvalue weighted by atomic mass is 16.5. The van der Waals surface area contributed by atoms with Crippen LogP contribution in [0.3, 0.4) is 0 Å². The lowest BCUT2D eigenvalue weighted by Crippen LogP contribution is -2.24. The quantitative estimate of drug-likeness (QED) is 0.600. The number of rotatable bonds is 7. The van der Waals surface area contributed by atoms with E-state index < -0.39 is 5.91 Å². The van der Waals surface area contributed by atoms with Crippen molar-refractivity contribution in [2.45, 2.75) is 13.0 Å². The summed E-state index contributed by atoms with van der Waals surface area (Å²) in [5.74, 6) is 0.380. The lowest BCUT2D eigenvalue weighted by molar-refractivity contribution is 0.100. The number of amides is 1. The zero-order chi connectivity index (χ0) is 19.4. The summed E-state index contributed by atoms with van der Waals surface area (Å²) in [6.45, 7) is 2.75. The minimum atomic E-state index is -0.484. The Morgan fingerprint density at radius 2 is 2.07 bits per heavy atom. The van der Waals surface area contributed by atoms with E-state index in [1.807, 2.05) is 38.2 Å². The number of fused-ring (bicyclic) bond motifs is 1. The molecule has 0 saturated heterocycles. The van der Waals surface area contributed by atoms with Crippen molar-refractivity contribution in [1.82, 2.24) is 10.3 Å². The molecule has 0 spiro atoms. The van der Waals surface area contributed by atoms with Gasteiger partial charge in [0.2, 0.25) is 0 Å². The molecule has 4 N–H and O–H groups in total. The zero-order valence-corrected chi connectivity index (χ0v) is 15.7. The molecule has 0 bridgehead atoms. The second-order valence-corrected chi connectivity index (χ2v) is 6.41. The average molecular weight is 364 g/mol. The molecular weight excluding hydrogens is 340 g/mol. The SMILES string of the molecule is CNC[C@@H](Nc1ccnc2c(C(N)=O)cccc12)c1ccc(OC)c(C)c1. The molecule has 0 aliphatic heterocycles. The Morgan fingerprint density at radius 3 is 2.74 bits per heavy atom. The Labute approximate surface area is 158 Å². The van der Waals surface area contributed by atoms with Gasteiger partial charge in [-0.1, -0.05) is 24.3 Å². The number of para-hydroxylation sites is 1. The Hall–Kier alpha value is -3.12. The van der Waals surface area contributed by atoms with Crippen molar-refractivity contribution in [3.05, 3.63) is 65.4 Å². The van der Waals surface area contributed by atoms with Crippen LogP contribution in [-0.2, 0) is 0 Å². The van der Waals surface area contributed by atoms with E-state index in [9.17, 15) is 4.79 Å². The summed E-state index contributed by atoms with van der Waals surface area (Å²) in [4.78, 5) is 16.1. The summed E-state index contributed by atoms with van der Waals surface area (Å²) in [6.07, 6.45) is 1.69. The third kappa shape index (κ3) is 3.85. The van der Waals surface area contributed by atoms with Crippen molar-refractivity contribution in [2.75, 3.05) is 26.0 Å². The van der Waals surface area contributed by atoms with Crippen LogP contribution in [0.4, 0.5) is 5.69 Å². The van der Waals surface area contributed by atoms with E-state index in [0.717, 1.165) is 34.5 Å². The highest BCUT2D eigenvalue weighted by molar-refractivity contribution is 6.07. The van der Waals surface area contributed by atoms with Crippen LogP contribution >= 0.6 is 0 Å². The number of carbonyl (C=O) groups is 1. The van der Waals surface area contributed by atoms with E-state index in [0.29, 0.717) is 11.1 Å². The molecule has 2 aromatic carbocycles. The number of aryl methyl sites for hydroxylation is 1. The van der Waals surface area contributed by atoms with Crippen LogP contribution < -0.4 is 21.1 Å². The summed E-state index contributed by atoms with van der Waals surface area (Å²) in [6, 6.07) is 13.5. The van der Waals surface area contributed by atoms with Crippen molar-refractivity contribution < 1.29 is 9.53 Å². The Kier molecular flexibility index (Phi) is 5.57. The summed E-state index contributed by atoms with van der Waals surface area (Å²) in [5, 5.41) is 7.66. The van der Waals surface area contributed by atoms with Gasteiger partial charge in [-0.2, -0.15) is 0 Å². The molecule has 1 heterocycles. The van der Waals surface area contributed by atoms with Crippen molar-refractivity contribution in [3.8, 4) is 5.75 Å². The van der Waals surface area contributed by atoms with Crippen LogP contribution in [0.25, 0.3) is 10.9 Å². The predicted octanol–water partition coefficient (Wildman–Crippen LogP) is 3.02. The van der Waals surface area contributed by atoms with Crippen molar-refractivity contribution >= 4 is 22.5 Å². The largest absolute Gasteiger partial charge is 0.496 e. The summed E-state index contributed by atoms with van der Waals surface area (Å²) >= 11 is 0. The van der Waals surface area contributed by atoms with Gasteiger partial charge in [0.15, 0.2) is 0 Å². The van der Waals surface area contributed by atoms with E-state index in [2.05, 4.69) is 27.8 Å². The molecule has 0 saturated carbocycles. The molecule has 0 fully saturated rings. The van der Waals surface area contributed by atoms with Gasteiger partial charge in [0.1, 0.15) is 5.75 Å². The monoisotopic (exact) mass is 364 g/mol. The fraction of sp³-hybridized carbons (Fsp3) is 0.238. The molecule has 27 heavy (non-hydrogen) atoms. The maximum atomic E-state index is 11.7. The van der Waals surface area contributed by atoms with E-state index in [1.54, 1.807) is 19.4 Å². The first kappa shape index (κ1) is 18.7. The third-order valence-corrected chi connectivity index (χ3v) is 4.60. The number of primary amides is 1. The zero-order valence-electron chi connectivity index (χ0n) is 15.7. The standard InChI is InChI=1S/C21H24N4O2/c1-13-11-14(7-8-19(13)27-3)18(12-23-2)25-17-9-10-24-20-15(17)5-4-6-16(20)21(22)26/h4-11,18,23H,12H2,1-3H3,(H2,22,26)(H,24,25)/t18-/m1/s1. The van der Waals surface area contributed by atoms with Crippen molar-refractivity contribution in [1.29, 1.82) is 0 Å². The lowest BCUT2D eigenvalue weighted by atomic mass is 10.0. The van der Waals surface area contributed by atoms with Gasteiger partial charge in [0.25, 0.3) is 5.91 Å². The Balaban J connectivity index is 2.01. The molecule has 0 radical (unpaired) electrons. The first-order valence-corrected chi connectivity index (χ1v) is 8.78. The molecule has 1 atom stereocenters. The molecule has 6 nitrogen and oxygen atoms in total. The van der Waals surface area contributed by atoms with Gasteiger partial charge in [-0.3, -0.25) is 9.78 Å². The molecule has 3 aromatic rings. The number of pyridine rings is 1. The third-order valence-electron chi connectivity index (χ3n) is 4.60. The highest BCUT2D eigenvalue weighted by Crippen LogP contribution is 2.29. The van der Waals surface area contributed by atoms with E-state index in [-0.39, 0.29) is 6.04 Å². The second kappa shape index (κ2) is 8.05. The summed E-state index contributed by atoms with van der Waals surface area (Å²) in [5.41, 5.74) is 9.63. The van der Waals surface area contributed by atoms with E-state index >= 15 is 0 Å². The van der Waals surface area contributed by atoms with Crippen LogP contribution in [0.15, 0.2) is 48.7 Å². The van der Waals surface area contributed by atoms with Gasteiger partial charge in [0, 0.05) is 23.8 Å². The number of methoxy groups -OCH3 is 1. The summed E-state index contributed by atoms with van der Waals surface area (Å²) in [7, 11) is 3.59.